The molecule has 0 saturated carbocycles. The fraction of sp³-hybridized carbons (Fsp3) is 0.222. The highest BCUT2D eigenvalue weighted by Gasteiger charge is 2.47. The van der Waals surface area contributed by atoms with Gasteiger partial charge >= 0.3 is 0 Å². The van der Waals surface area contributed by atoms with Crippen LogP contribution in [-0.2, 0) is 6.54 Å². The first-order chi connectivity index (χ1) is 16.7. The van der Waals surface area contributed by atoms with Crippen LogP contribution in [0, 0.1) is 5.41 Å². The normalized spacial score (nSPS) is 17.1. The zero-order chi connectivity index (χ0) is 22.5. The Bertz CT molecular complexity index is 1500. The third-order valence-electron chi connectivity index (χ3n) is 7.01. The number of hydrogen-bond donors (Lipinski definition) is 2. The molecule has 3 aromatic heterocycles. The van der Waals surface area contributed by atoms with Crippen LogP contribution in [0.1, 0.15) is 5.69 Å². The summed E-state index contributed by atoms with van der Waals surface area (Å²) in [5.74, 6) is 0. The predicted molar refractivity (Wildman–Crippen MR) is 138 cm³/mol. The third-order valence-corrected chi connectivity index (χ3v) is 7.82. The van der Waals surface area contributed by atoms with Crippen molar-refractivity contribution in [3.8, 4) is 11.1 Å². The van der Waals surface area contributed by atoms with Gasteiger partial charge in [0.2, 0.25) is 0 Å². The van der Waals surface area contributed by atoms with E-state index in [1.165, 1.54) is 30.9 Å². The minimum absolute atomic E-state index is 0.555. The molecule has 0 unspecified atom stereocenters. The molecule has 7 heteroatoms. The van der Waals surface area contributed by atoms with Crippen LogP contribution in [0.5, 0.6) is 0 Å². The number of rotatable bonds is 5. The van der Waals surface area contributed by atoms with E-state index < -0.39 is 0 Å². The van der Waals surface area contributed by atoms with Gasteiger partial charge in [-0.1, -0.05) is 18.2 Å². The van der Waals surface area contributed by atoms with Crippen LogP contribution in [0.3, 0.4) is 0 Å². The number of hydrogen-bond acceptors (Lipinski definition) is 7. The van der Waals surface area contributed by atoms with Crippen molar-refractivity contribution in [2.24, 2.45) is 5.41 Å². The van der Waals surface area contributed by atoms with Gasteiger partial charge in [0.25, 0.3) is 0 Å². The molecule has 6 nitrogen and oxygen atoms in total. The summed E-state index contributed by atoms with van der Waals surface area (Å²) in [6.45, 7) is 5.65. The molecule has 2 fully saturated rings. The van der Waals surface area contributed by atoms with Crippen molar-refractivity contribution in [1.29, 1.82) is 0 Å². The molecule has 168 valence electrons. The number of anilines is 2. The molecule has 0 radical (unpaired) electrons. The number of pyridine rings is 2. The Morgan fingerprint density at radius 3 is 2.65 bits per heavy atom. The third kappa shape index (κ3) is 3.53. The first kappa shape index (κ1) is 20.0. The Morgan fingerprint density at radius 1 is 0.912 bits per heavy atom. The van der Waals surface area contributed by atoms with Crippen LogP contribution < -0.4 is 10.6 Å². The second-order valence-corrected chi connectivity index (χ2v) is 10.4. The van der Waals surface area contributed by atoms with E-state index in [0.717, 1.165) is 51.2 Å². The van der Waals surface area contributed by atoms with E-state index >= 15 is 0 Å². The van der Waals surface area contributed by atoms with Crippen molar-refractivity contribution >= 4 is 43.8 Å². The highest BCUT2D eigenvalue weighted by Crippen LogP contribution is 2.35. The lowest BCUT2D eigenvalue weighted by Crippen LogP contribution is -2.70. The van der Waals surface area contributed by atoms with Crippen molar-refractivity contribution in [1.82, 2.24) is 25.2 Å². The van der Waals surface area contributed by atoms with Crippen LogP contribution in [0.15, 0.2) is 72.5 Å². The number of nitrogens with zero attached hydrogens (tertiary/aromatic N) is 4. The van der Waals surface area contributed by atoms with E-state index in [1.54, 1.807) is 11.3 Å². The Balaban J connectivity index is 1.10. The summed E-state index contributed by atoms with van der Waals surface area (Å²) in [6.07, 6.45) is 3.84. The minimum Gasteiger partial charge on any atom is -0.355 e. The van der Waals surface area contributed by atoms with E-state index in [0.29, 0.717) is 5.41 Å². The van der Waals surface area contributed by atoms with Crippen LogP contribution in [0.4, 0.5) is 11.4 Å². The van der Waals surface area contributed by atoms with E-state index in [-0.39, 0.29) is 0 Å². The van der Waals surface area contributed by atoms with E-state index in [2.05, 4.69) is 74.0 Å². The Labute approximate surface area is 201 Å². The summed E-state index contributed by atoms with van der Waals surface area (Å²) < 4.78 is 1.19. The fourth-order valence-corrected chi connectivity index (χ4v) is 5.82. The van der Waals surface area contributed by atoms with Crippen molar-refractivity contribution in [2.45, 2.75) is 6.54 Å². The first-order valence-corrected chi connectivity index (χ1v) is 12.5. The zero-order valence-corrected chi connectivity index (χ0v) is 19.5. The number of fused-ring (bicyclic) bond motifs is 2. The van der Waals surface area contributed by atoms with E-state index in [9.17, 15) is 0 Å². The molecule has 0 bridgehead atoms. The molecule has 34 heavy (non-hydrogen) atoms. The monoisotopic (exact) mass is 464 g/mol. The maximum absolute atomic E-state index is 4.75. The second kappa shape index (κ2) is 7.84. The van der Waals surface area contributed by atoms with Gasteiger partial charge in [-0.25, -0.2) is 4.98 Å². The molecule has 0 amide bonds. The second-order valence-electron chi connectivity index (χ2n) is 9.54. The van der Waals surface area contributed by atoms with Crippen molar-refractivity contribution in [2.75, 3.05) is 31.5 Å². The molecule has 0 atom stereocenters. The molecular weight excluding hydrogens is 440 g/mol. The molecule has 7 rings (SSSR count). The first-order valence-electron chi connectivity index (χ1n) is 11.6. The summed E-state index contributed by atoms with van der Waals surface area (Å²) in [4.78, 5) is 16.3. The number of thiazole rings is 1. The Kier molecular flexibility index (Phi) is 4.62. The van der Waals surface area contributed by atoms with Crippen molar-refractivity contribution in [3.05, 3.63) is 78.2 Å². The summed E-state index contributed by atoms with van der Waals surface area (Å²) in [6, 6.07) is 19.1. The zero-order valence-electron chi connectivity index (χ0n) is 18.7. The highest BCUT2D eigenvalue weighted by atomic mass is 32.1. The van der Waals surface area contributed by atoms with Gasteiger partial charge in [-0.2, -0.15) is 0 Å². The molecule has 1 spiro atoms. The topological polar surface area (TPSA) is 66.0 Å². The van der Waals surface area contributed by atoms with Gasteiger partial charge in [0, 0.05) is 72.9 Å². The lowest BCUT2D eigenvalue weighted by atomic mass is 9.74. The molecule has 5 aromatic rings. The van der Waals surface area contributed by atoms with Gasteiger partial charge in [-0.3, -0.25) is 14.9 Å². The molecule has 5 heterocycles. The van der Waals surface area contributed by atoms with Crippen molar-refractivity contribution in [3.63, 3.8) is 0 Å². The molecular formula is C27H24N6S. The maximum atomic E-state index is 4.75. The summed E-state index contributed by atoms with van der Waals surface area (Å²) in [7, 11) is 0. The summed E-state index contributed by atoms with van der Waals surface area (Å²) >= 11 is 1.66. The predicted octanol–water partition coefficient (Wildman–Crippen LogP) is 5.06. The smallest absolute Gasteiger partial charge is 0.0832 e. The Morgan fingerprint density at radius 2 is 1.82 bits per heavy atom. The van der Waals surface area contributed by atoms with Gasteiger partial charge in [0.05, 0.1) is 26.9 Å². The van der Waals surface area contributed by atoms with Gasteiger partial charge in [-0.05, 0) is 42.0 Å². The number of likely N-dealkylation sites (tertiary alicyclic amines) is 1. The number of nitrogens with one attached hydrogen (secondary N) is 2. The Hall–Kier alpha value is -3.39. The van der Waals surface area contributed by atoms with Gasteiger partial charge < -0.3 is 10.6 Å². The average molecular weight is 465 g/mol. The van der Waals surface area contributed by atoms with Crippen LogP contribution in [0.2, 0.25) is 0 Å². The van der Waals surface area contributed by atoms with Crippen molar-refractivity contribution < 1.29 is 0 Å². The average Bonchev–Trinajstić information content (AvgIpc) is 3.28. The van der Waals surface area contributed by atoms with Crippen LogP contribution in [0.25, 0.3) is 32.2 Å². The standard InChI is InChI=1S/C27H24N6S/c1-3-21(12-33-15-27(16-33)13-28-14-27)30-11-19(1)18-2-5-22-23(7-8-29-24(22)9-18)32-20-4-6-26-25(10-20)31-17-34-26/h1-11,17,28H,12-16H2,(H,29,32). The number of benzene rings is 2. The summed E-state index contributed by atoms with van der Waals surface area (Å²) in [5, 5.41) is 8.03. The van der Waals surface area contributed by atoms with E-state index in [4.69, 9.17) is 4.98 Å². The molecule has 2 aromatic carbocycles. The quantitative estimate of drug-likeness (QED) is 0.379. The van der Waals surface area contributed by atoms with Gasteiger partial charge in [0.1, 0.15) is 0 Å². The SMILES string of the molecule is c1cc(Nc2ccc3scnc3c2)c2ccc(-c3ccc(CN4CC5(CNC5)C4)nc3)cc2n1. The molecule has 2 aliphatic rings. The van der Waals surface area contributed by atoms with Gasteiger partial charge in [-0.15, -0.1) is 11.3 Å². The fourth-order valence-electron chi connectivity index (χ4n) is 5.16. The van der Waals surface area contributed by atoms with E-state index in [1.807, 2.05) is 24.0 Å². The minimum atomic E-state index is 0.555. The molecule has 2 aliphatic heterocycles. The largest absolute Gasteiger partial charge is 0.355 e. The molecule has 2 saturated heterocycles. The summed E-state index contributed by atoms with van der Waals surface area (Å²) in [5.41, 5.74) is 9.84. The lowest BCUT2D eigenvalue weighted by molar-refractivity contribution is -0.0450. The molecule has 0 aliphatic carbocycles. The number of aromatic nitrogens is 3. The lowest BCUT2D eigenvalue weighted by Gasteiger charge is -2.56. The highest BCUT2D eigenvalue weighted by molar-refractivity contribution is 7.16. The van der Waals surface area contributed by atoms with Gasteiger partial charge in [0.15, 0.2) is 0 Å². The molecule has 2 N–H and O–H groups in total. The van der Waals surface area contributed by atoms with Crippen LogP contribution >= 0.6 is 11.3 Å². The maximum Gasteiger partial charge on any atom is 0.0832 e. The van der Waals surface area contributed by atoms with Crippen LogP contribution in [-0.4, -0.2) is 46.0 Å².